The van der Waals surface area contributed by atoms with E-state index in [4.69, 9.17) is 16.3 Å². The summed E-state index contributed by atoms with van der Waals surface area (Å²) >= 11 is 6.50. The van der Waals surface area contributed by atoms with Gasteiger partial charge in [0.15, 0.2) is 5.82 Å². The SMILES string of the molecule is C[C@@H](C(=O)Nc1cc([C@H]2CC[C@@H](OC(=O)NC3(C)CC3)C2)[nH]n1)c1ccc(N2CCCC2=O)cc1Cl. The second kappa shape index (κ2) is 9.76. The van der Waals surface area contributed by atoms with Gasteiger partial charge in [-0.3, -0.25) is 14.7 Å². The van der Waals surface area contributed by atoms with Gasteiger partial charge in [-0.15, -0.1) is 0 Å². The molecule has 3 aliphatic rings. The van der Waals surface area contributed by atoms with E-state index in [9.17, 15) is 14.4 Å². The van der Waals surface area contributed by atoms with Gasteiger partial charge < -0.3 is 20.3 Å². The highest BCUT2D eigenvalue weighted by atomic mass is 35.5. The third-order valence-corrected chi connectivity index (χ3v) is 7.91. The van der Waals surface area contributed by atoms with E-state index in [1.165, 1.54) is 0 Å². The number of rotatable bonds is 7. The van der Waals surface area contributed by atoms with E-state index in [0.717, 1.165) is 49.9 Å². The van der Waals surface area contributed by atoms with Crippen LogP contribution in [0.25, 0.3) is 0 Å². The average Bonchev–Trinajstić information content (AvgIpc) is 3.25. The number of nitrogens with one attached hydrogen (secondary N) is 3. The Morgan fingerprint density at radius 1 is 1.28 bits per heavy atom. The molecule has 0 bridgehead atoms. The van der Waals surface area contributed by atoms with Gasteiger partial charge in [-0.1, -0.05) is 17.7 Å². The summed E-state index contributed by atoms with van der Waals surface area (Å²) in [6.45, 7) is 4.50. The second-order valence-electron chi connectivity index (χ2n) is 10.5. The van der Waals surface area contributed by atoms with Crippen molar-refractivity contribution < 1.29 is 19.1 Å². The molecule has 3 fully saturated rings. The van der Waals surface area contributed by atoms with Crippen molar-refractivity contribution in [2.75, 3.05) is 16.8 Å². The van der Waals surface area contributed by atoms with Crippen molar-refractivity contribution in [2.24, 2.45) is 0 Å². The number of hydrogen-bond donors (Lipinski definition) is 3. The van der Waals surface area contributed by atoms with Crippen molar-refractivity contribution in [2.45, 2.75) is 82.3 Å². The van der Waals surface area contributed by atoms with Gasteiger partial charge in [0.2, 0.25) is 11.8 Å². The average molecular weight is 514 g/mol. The smallest absolute Gasteiger partial charge is 0.407 e. The van der Waals surface area contributed by atoms with Crippen molar-refractivity contribution in [3.8, 4) is 0 Å². The lowest BCUT2D eigenvalue weighted by atomic mass is 9.99. The van der Waals surface area contributed by atoms with Crippen molar-refractivity contribution >= 4 is 41.0 Å². The molecule has 0 radical (unpaired) electrons. The summed E-state index contributed by atoms with van der Waals surface area (Å²) in [7, 11) is 0. The molecule has 36 heavy (non-hydrogen) atoms. The highest BCUT2D eigenvalue weighted by molar-refractivity contribution is 6.32. The van der Waals surface area contributed by atoms with Crippen LogP contribution >= 0.6 is 11.6 Å². The summed E-state index contributed by atoms with van der Waals surface area (Å²) in [6, 6.07) is 7.24. The van der Waals surface area contributed by atoms with Crippen LogP contribution < -0.4 is 15.5 Å². The van der Waals surface area contributed by atoms with Crippen LogP contribution in [-0.2, 0) is 14.3 Å². The van der Waals surface area contributed by atoms with Crippen LogP contribution in [0.15, 0.2) is 24.3 Å². The van der Waals surface area contributed by atoms with Crippen LogP contribution in [0.3, 0.4) is 0 Å². The third-order valence-electron chi connectivity index (χ3n) is 7.58. The van der Waals surface area contributed by atoms with Crippen molar-refractivity contribution in [1.29, 1.82) is 0 Å². The number of alkyl carbamates (subject to hydrolysis) is 1. The fraction of sp³-hybridized carbons (Fsp3) is 0.538. The molecule has 2 aromatic rings. The predicted octanol–water partition coefficient (Wildman–Crippen LogP) is 4.85. The Morgan fingerprint density at radius 3 is 2.78 bits per heavy atom. The molecule has 1 aliphatic heterocycles. The van der Waals surface area contributed by atoms with Crippen LogP contribution in [0.1, 0.15) is 81.9 Å². The quantitative estimate of drug-likeness (QED) is 0.489. The number of ether oxygens (including phenoxy) is 1. The fourth-order valence-corrected chi connectivity index (χ4v) is 5.35. The number of nitrogens with zero attached hydrogens (tertiary/aromatic N) is 2. The predicted molar refractivity (Wildman–Crippen MR) is 136 cm³/mol. The van der Waals surface area contributed by atoms with Gasteiger partial charge in [-0.2, -0.15) is 5.10 Å². The molecule has 5 rings (SSSR count). The van der Waals surface area contributed by atoms with Gasteiger partial charge in [-0.05, 0) is 70.1 Å². The summed E-state index contributed by atoms with van der Waals surface area (Å²) in [5, 5.41) is 13.5. The minimum absolute atomic E-state index is 0.0926. The van der Waals surface area contributed by atoms with Gasteiger partial charge in [-0.25, -0.2) is 4.79 Å². The number of amides is 3. The molecular weight excluding hydrogens is 482 g/mol. The van der Waals surface area contributed by atoms with Gasteiger partial charge in [0.25, 0.3) is 0 Å². The van der Waals surface area contributed by atoms with E-state index in [-0.39, 0.29) is 35.5 Å². The largest absolute Gasteiger partial charge is 0.446 e. The molecule has 9 nitrogen and oxygen atoms in total. The summed E-state index contributed by atoms with van der Waals surface area (Å²) < 4.78 is 5.60. The Labute approximate surface area is 215 Å². The molecule has 0 unspecified atom stereocenters. The van der Waals surface area contributed by atoms with Gasteiger partial charge in [0.1, 0.15) is 6.10 Å². The number of hydrogen-bond acceptors (Lipinski definition) is 5. The van der Waals surface area contributed by atoms with Gasteiger partial charge in [0.05, 0.1) is 5.92 Å². The third kappa shape index (κ3) is 5.36. The molecule has 1 aromatic carbocycles. The molecule has 3 amide bonds. The summed E-state index contributed by atoms with van der Waals surface area (Å²) in [6.07, 6.45) is 5.30. The summed E-state index contributed by atoms with van der Waals surface area (Å²) in [5.41, 5.74) is 2.27. The van der Waals surface area contributed by atoms with Gasteiger partial charge in [0, 0.05) is 46.9 Å². The lowest BCUT2D eigenvalue weighted by Gasteiger charge is -2.19. The van der Waals surface area contributed by atoms with E-state index in [1.54, 1.807) is 17.9 Å². The van der Waals surface area contributed by atoms with Crippen LogP contribution in [0.5, 0.6) is 0 Å². The molecule has 1 aromatic heterocycles. The number of halogens is 1. The van der Waals surface area contributed by atoms with E-state index in [1.807, 2.05) is 25.1 Å². The second-order valence-corrected chi connectivity index (χ2v) is 10.9. The van der Waals surface area contributed by atoms with Crippen LogP contribution in [-0.4, -0.2) is 46.3 Å². The maximum absolute atomic E-state index is 12.9. The Kier molecular flexibility index (Phi) is 6.68. The first-order valence-corrected chi connectivity index (χ1v) is 13.0. The monoisotopic (exact) mass is 513 g/mol. The van der Waals surface area contributed by atoms with Crippen molar-refractivity contribution in [3.05, 3.63) is 40.5 Å². The Bertz CT molecular complexity index is 1180. The lowest BCUT2D eigenvalue weighted by Crippen LogP contribution is -2.36. The molecule has 2 aliphatic carbocycles. The molecular formula is C26H32ClN5O4. The number of aromatic amines is 1. The number of carbonyl (C=O) groups excluding carboxylic acids is 3. The van der Waals surface area contributed by atoms with Crippen LogP contribution in [0.2, 0.25) is 5.02 Å². The number of H-pyrrole nitrogens is 1. The normalized spacial score (nSPS) is 23.4. The summed E-state index contributed by atoms with van der Waals surface area (Å²) in [4.78, 5) is 38.8. The lowest BCUT2D eigenvalue weighted by molar-refractivity contribution is -0.118. The van der Waals surface area contributed by atoms with Crippen molar-refractivity contribution in [1.82, 2.24) is 15.5 Å². The molecule has 2 saturated carbocycles. The molecule has 2 heterocycles. The zero-order valence-electron chi connectivity index (χ0n) is 20.6. The molecule has 3 atom stereocenters. The standard InChI is InChI=1S/C26H32ClN5O4/c1-15(19-8-6-17(13-20(19)27)32-11-3-4-23(32)33)24(34)28-22-14-21(30-31-22)16-5-7-18(12-16)36-25(35)29-26(2)9-10-26/h6,8,13-16,18H,3-5,7,9-12H2,1-2H3,(H,29,35)(H2,28,30,31,34)/t15-,16+,18-/m1/s1. The number of benzene rings is 1. The minimum Gasteiger partial charge on any atom is -0.446 e. The minimum atomic E-state index is -0.503. The van der Waals surface area contributed by atoms with E-state index in [2.05, 4.69) is 20.8 Å². The molecule has 10 heteroatoms. The first-order valence-electron chi connectivity index (χ1n) is 12.7. The Balaban J connectivity index is 1.15. The zero-order valence-corrected chi connectivity index (χ0v) is 21.4. The highest BCUT2D eigenvalue weighted by Crippen LogP contribution is 2.38. The molecule has 0 spiro atoms. The van der Waals surface area contributed by atoms with Crippen molar-refractivity contribution in [3.63, 3.8) is 0 Å². The van der Waals surface area contributed by atoms with Gasteiger partial charge >= 0.3 is 6.09 Å². The number of carbonyl (C=O) groups is 3. The maximum atomic E-state index is 12.9. The van der Waals surface area contributed by atoms with E-state index in [0.29, 0.717) is 29.4 Å². The number of anilines is 2. The zero-order chi connectivity index (χ0) is 25.4. The molecule has 3 N–H and O–H groups in total. The van der Waals surface area contributed by atoms with E-state index >= 15 is 0 Å². The van der Waals surface area contributed by atoms with Crippen LogP contribution in [0, 0.1) is 0 Å². The molecule has 192 valence electrons. The number of aromatic nitrogens is 2. The highest BCUT2D eigenvalue weighted by Gasteiger charge is 2.40. The maximum Gasteiger partial charge on any atom is 0.407 e. The first-order chi connectivity index (χ1) is 17.2. The molecule has 1 saturated heterocycles. The topological polar surface area (TPSA) is 116 Å². The Morgan fingerprint density at radius 2 is 2.08 bits per heavy atom. The van der Waals surface area contributed by atoms with Crippen LogP contribution in [0.4, 0.5) is 16.3 Å². The summed E-state index contributed by atoms with van der Waals surface area (Å²) in [5.74, 6) is -0.00364. The Hall–Kier alpha value is -3.07. The van der Waals surface area contributed by atoms with E-state index < -0.39 is 5.92 Å². The first kappa shape index (κ1) is 24.6. The fourth-order valence-electron chi connectivity index (χ4n) is 5.01.